The highest BCUT2D eigenvalue weighted by Crippen LogP contribution is 2.28. The Morgan fingerprint density at radius 3 is 2.65 bits per heavy atom. The monoisotopic (exact) mass is 284 g/mol. The number of aromatic nitrogens is 3. The van der Waals surface area contributed by atoms with Crippen LogP contribution in [0.15, 0.2) is 24.0 Å². The molecule has 20 heavy (non-hydrogen) atoms. The molecule has 3 aromatic rings. The summed E-state index contributed by atoms with van der Waals surface area (Å²) in [6.07, 6.45) is 6.98. The van der Waals surface area contributed by atoms with E-state index in [2.05, 4.69) is 15.0 Å². The smallest absolute Gasteiger partial charge is 0.146 e. The molecule has 3 rings (SSSR count). The van der Waals surface area contributed by atoms with Gasteiger partial charge in [-0.05, 0) is 11.6 Å². The first kappa shape index (κ1) is 12.4. The van der Waals surface area contributed by atoms with Crippen molar-refractivity contribution in [3.63, 3.8) is 0 Å². The maximum atomic E-state index is 5.81. The molecule has 100 valence electrons. The summed E-state index contributed by atoms with van der Waals surface area (Å²) in [6.45, 7) is 0. The van der Waals surface area contributed by atoms with Crippen LogP contribution >= 0.6 is 11.3 Å². The SMILES string of the molecule is Nc1cc(/C=C/c2csc3c(N)ncnc23)cnc1N. The van der Waals surface area contributed by atoms with E-state index in [9.17, 15) is 0 Å². The third kappa shape index (κ3) is 2.14. The largest absolute Gasteiger partial charge is 0.396 e. The van der Waals surface area contributed by atoms with Crippen molar-refractivity contribution in [3.05, 3.63) is 35.1 Å². The van der Waals surface area contributed by atoms with Crippen molar-refractivity contribution < 1.29 is 0 Å². The maximum absolute atomic E-state index is 5.81. The highest BCUT2D eigenvalue weighted by atomic mass is 32.1. The van der Waals surface area contributed by atoms with Gasteiger partial charge in [-0.25, -0.2) is 15.0 Å². The Kier molecular flexibility index (Phi) is 2.96. The van der Waals surface area contributed by atoms with Gasteiger partial charge < -0.3 is 17.2 Å². The molecule has 6 N–H and O–H groups in total. The molecular formula is C13H12N6S. The molecule has 0 radical (unpaired) electrons. The molecule has 0 bridgehead atoms. The number of hydrogen-bond acceptors (Lipinski definition) is 7. The van der Waals surface area contributed by atoms with Gasteiger partial charge in [-0.3, -0.25) is 0 Å². The molecule has 0 saturated heterocycles. The van der Waals surface area contributed by atoms with Crippen molar-refractivity contribution in [3.8, 4) is 0 Å². The van der Waals surface area contributed by atoms with Gasteiger partial charge in [-0.1, -0.05) is 12.2 Å². The fourth-order valence-electron chi connectivity index (χ4n) is 1.79. The Morgan fingerprint density at radius 2 is 1.85 bits per heavy atom. The van der Waals surface area contributed by atoms with E-state index in [1.807, 2.05) is 17.5 Å². The van der Waals surface area contributed by atoms with Crippen molar-refractivity contribution in [2.24, 2.45) is 0 Å². The predicted molar refractivity (Wildman–Crippen MR) is 83.8 cm³/mol. The summed E-state index contributed by atoms with van der Waals surface area (Å²) in [7, 11) is 0. The average molecular weight is 284 g/mol. The summed E-state index contributed by atoms with van der Waals surface area (Å²) in [5, 5.41) is 1.99. The van der Waals surface area contributed by atoms with Gasteiger partial charge in [0.15, 0.2) is 0 Å². The summed E-state index contributed by atoms with van der Waals surface area (Å²) < 4.78 is 0.891. The van der Waals surface area contributed by atoms with Crippen LogP contribution < -0.4 is 17.2 Å². The lowest BCUT2D eigenvalue weighted by molar-refractivity contribution is 1.24. The lowest BCUT2D eigenvalue weighted by Crippen LogP contribution is -1.97. The second kappa shape index (κ2) is 4.78. The molecule has 0 aliphatic rings. The van der Waals surface area contributed by atoms with E-state index in [4.69, 9.17) is 17.2 Å². The first-order chi connectivity index (χ1) is 9.65. The van der Waals surface area contributed by atoms with E-state index in [1.54, 1.807) is 12.3 Å². The summed E-state index contributed by atoms with van der Waals surface area (Å²) in [4.78, 5) is 12.2. The minimum absolute atomic E-state index is 0.337. The minimum Gasteiger partial charge on any atom is -0.396 e. The Hall–Kier alpha value is -2.67. The molecule has 0 aliphatic carbocycles. The molecule has 6 nitrogen and oxygen atoms in total. The van der Waals surface area contributed by atoms with Crippen LogP contribution in [0.3, 0.4) is 0 Å². The van der Waals surface area contributed by atoms with Crippen LogP contribution in [0.1, 0.15) is 11.1 Å². The minimum atomic E-state index is 0.337. The van der Waals surface area contributed by atoms with E-state index in [0.717, 1.165) is 21.3 Å². The van der Waals surface area contributed by atoms with Crippen molar-refractivity contribution in [2.45, 2.75) is 0 Å². The lowest BCUT2D eigenvalue weighted by Gasteiger charge is -1.99. The van der Waals surface area contributed by atoms with Crippen LogP contribution in [0.25, 0.3) is 22.4 Å². The molecule has 7 heteroatoms. The number of pyridine rings is 1. The zero-order valence-corrected chi connectivity index (χ0v) is 11.3. The van der Waals surface area contributed by atoms with Crippen molar-refractivity contribution in [2.75, 3.05) is 17.2 Å². The standard InChI is InChI=1S/C13H12N6S/c14-9-3-7(4-17-12(9)15)1-2-8-5-20-11-10(8)18-6-19-13(11)16/h1-6H,14H2,(H2,15,17)(H2,16,18,19)/b2-1+. The summed E-state index contributed by atoms with van der Waals surface area (Å²) in [6, 6.07) is 1.77. The number of thiophene rings is 1. The zero-order chi connectivity index (χ0) is 14.1. The number of hydrogen-bond donors (Lipinski definition) is 3. The molecule has 0 amide bonds. The fourth-order valence-corrected chi connectivity index (χ4v) is 2.68. The first-order valence-corrected chi connectivity index (χ1v) is 6.70. The van der Waals surface area contributed by atoms with Crippen molar-refractivity contribution in [1.82, 2.24) is 15.0 Å². The highest BCUT2D eigenvalue weighted by molar-refractivity contribution is 7.18. The van der Waals surface area contributed by atoms with E-state index < -0.39 is 0 Å². The number of rotatable bonds is 2. The molecular weight excluding hydrogens is 272 g/mol. The van der Waals surface area contributed by atoms with E-state index in [-0.39, 0.29) is 0 Å². The molecule has 3 heterocycles. The van der Waals surface area contributed by atoms with Gasteiger partial charge in [-0.15, -0.1) is 11.3 Å². The van der Waals surface area contributed by atoms with Crippen molar-refractivity contribution in [1.29, 1.82) is 0 Å². The van der Waals surface area contributed by atoms with Gasteiger partial charge in [-0.2, -0.15) is 0 Å². The fraction of sp³-hybridized carbons (Fsp3) is 0. The molecule has 0 fully saturated rings. The van der Waals surface area contributed by atoms with E-state index in [1.165, 1.54) is 17.7 Å². The summed E-state index contributed by atoms with van der Waals surface area (Å²) in [5.41, 5.74) is 20.3. The Balaban J connectivity index is 1.98. The lowest BCUT2D eigenvalue weighted by atomic mass is 10.2. The number of fused-ring (bicyclic) bond motifs is 1. The Bertz CT molecular complexity index is 808. The first-order valence-electron chi connectivity index (χ1n) is 5.82. The molecule has 0 saturated carbocycles. The van der Waals surface area contributed by atoms with Crippen molar-refractivity contribution >= 4 is 51.0 Å². The third-order valence-electron chi connectivity index (χ3n) is 2.83. The normalized spacial score (nSPS) is 11.4. The van der Waals surface area contributed by atoms with Gasteiger partial charge in [0.05, 0.1) is 15.9 Å². The second-order valence-electron chi connectivity index (χ2n) is 4.20. The van der Waals surface area contributed by atoms with Gasteiger partial charge in [0.25, 0.3) is 0 Å². The number of nitrogens with two attached hydrogens (primary N) is 3. The quantitative estimate of drug-likeness (QED) is 0.662. The molecule has 3 aromatic heterocycles. The Morgan fingerprint density at radius 1 is 1.00 bits per heavy atom. The maximum Gasteiger partial charge on any atom is 0.146 e. The summed E-state index contributed by atoms with van der Waals surface area (Å²) in [5.74, 6) is 0.835. The second-order valence-corrected chi connectivity index (χ2v) is 5.08. The zero-order valence-electron chi connectivity index (χ0n) is 10.4. The number of anilines is 3. The Labute approximate surface area is 119 Å². The third-order valence-corrected chi connectivity index (χ3v) is 3.84. The van der Waals surface area contributed by atoms with Crippen LogP contribution in [0, 0.1) is 0 Å². The molecule has 0 spiro atoms. The predicted octanol–water partition coefficient (Wildman–Crippen LogP) is 2.00. The van der Waals surface area contributed by atoms with Crippen LogP contribution in [0.5, 0.6) is 0 Å². The van der Waals surface area contributed by atoms with Gasteiger partial charge in [0.2, 0.25) is 0 Å². The van der Waals surface area contributed by atoms with Gasteiger partial charge in [0.1, 0.15) is 18.0 Å². The molecule has 0 atom stereocenters. The van der Waals surface area contributed by atoms with Crippen LogP contribution in [-0.2, 0) is 0 Å². The molecule has 0 aromatic carbocycles. The topological polar surface area (TPSA) is 117 Å². The van der Waals surface area contributed by atoms with Crippen LogP contribution in [0.2, 0.25) is 0 Å². The molecule has 0 aliphatic heterocycles. The van der Waals surface area contributed by atoms with E-state index >= 15 is 0 Å². The van der Waals surface area contributed by atoms with E-state index in [0.29, 0.717) is 17.3 Å². The average Bonchev–Trinajstić information content (AvgIpc) is 2.85. The molecule has 0 unspecified atom stereocenters. The van der Waals surface area contributed by atoms with Crippen LogP contribution in [0.4, 0.5) is 17.3 Å². The van der Waals surface area contributed by atoms with Gasteiger partial charge >= 0.3 is 0 Å². The number of nitrogens with zero attached hydrogens (tertiary/aromatic N) is 3. The summed E-state index contributed by atoms with van der Waals surface area (Å²) >= 11 is 1.52. The van der Waals surface area contributed by atoms with Gasteiger partial charge in [0, 0.05) is 17.1 Å². The number of nitrogen functional groups attached to an aromatic ring is 3. The highest BCUT2D eigenvalue weighted by Gasteiger charge is 2.06. The van der Waals surface area contributed by atoms with Crippen LogP contribution in [-0.4, -0.2) is 15.0 Å².